The van der Waals surface area contributed by atoms with Crippen LogP contribution in [0.25, 0.3) is 11.8 Å². The SMILES string of the molecule is O=c1cc(OCc2ccc(Cl)cn2)ccn1C1=Cc2ccc(CNC3CCS(=O)(=O)CC3)cc2CC1. The van der Waals surface area contributed by atoms with Gasteiger partial charge >= 0.3 is 0 Å². The first-order valence-corrected chi connectivity index (χ1v) is 14.3. The summed E-state index contributed by atoms with van der Waals surface area (Å²) >= 11 is 5.86. The van der Waals surface area contributed by atoms with Crippen molar-refractivity contribution in [2.75, 3.05) is 11.5 Å². The minimum atomic E-state index is -2.84. The van der Waals surface area contributed by atoms with Gasteiger partial charge in [0.1, 0.15) is 22.2 Å². The van der Waals surface area contributed by atoms with Crippen LogP contribution in [0.2, 0.25) is 5.02 Å². The molecule has 1 aliphatic carbocycles. The summed E-state index contributed by atoms with van der Waals surface area (Å²) in [4.78, 5) is 17.0. The predicted molar refractivity (Wildman–Crippen MR) is 142 cm³/mol. The highest BCUT2D eigenvalue weighted by Gasteiger charge is 2.23. The van der Waals surface area contributed by atoms with E-state index >= 15 is 0 Å². The highest BCUT2D eigenvalue weighted by Crippen LogP contribution is 2.27. The Balaban J connectivity index is 1.22. The molecule has 2 aromatic heterocycles. The molecule has 2 aliphatic rings. The third-order valence-corrected chi connectivity index (χ3v) is 8.64. The van der Waals surface area contributed by atoms with E-state index in [1.807, 2.05) is 0 Å². The summed E-state index contributed by atoms with van der Waals surface area (Å²) in [6, 6.07) is 13.5. The maximum absolute atomic E-state index is 12.8. The Morgan fingerprint density at radius 2 is 1.92 bits per heavy atom. The van der Waals surface area contributed by atoms with Gasteiger partial charge in [-0.3, -0.25) is 14.3 Å². The number of aromatic nitrogens is 2. The maximum atomic E-state index is 12.8. The van der Waals surface area contributed by atoms with Crippen LogP contribution in [0, 0.1) is 0 Å². The second kappa shape index (κ2) is 10.6. The minimum absolute atomic E-state index is 0.137. The highest BCUT2D eigenvalue weighted by atomic mass is 35.5. The number of benzene rings is 1. The Morgan fingerprint density at radius 1 is 1.08 bits per heavy atom. The number of halogens is 1. The Kier molecular flexibility index (Phi) is 7.27. The van der Waals surface area contributed by atoms with E-state index < -0.39 is 9.84 Å². The molecule has 0 saturated carbocycles. The van der Waals surface area contributed by atoms with E-state index in [4.69, 9.17) is 16.3 Å². The summed E-state index contributed by atoms with van der Waals surface area (Å²) in [5.74, 6) is 1.04. The fourth-order valence-electron chi connectivity index (χ4n) is 4.62. The summed E-state index contributed by atoms with van der Waals surface area (Å²) in [7, 11) is -2.84. The first-order chi connectivity index (χ1) is 17.3. The number of nitrogens with zero attached hydrogens (tertiary/aromatic N) is 2. The molecule has 0 radical (unpaired) electrons. The number of fused-ring (bicyclic) bond motifs is 1. The quantitative estimate of drug-likeness (QED) is 0.500. The lowest BCUT2D eigenvalue weighted by Gasteiger charge is -2.24. The fraction of sp³-hybridized carbons (Fsp3) is 0.333. The van der Waals surface area contributed by atoms with Gasteiger partial charge in [-0.2, -0.15) is 0 Å². The third-order valence-electron chi connectivity index (χ3n) is 6.71. The molecule has 5 rings (SSSR count). The molecule has 9 heteroatoms. The number of allylic oxidation sites excluding steroid dienone is 1. The van der Waals surface area contributed by atoms with Crippen molar-refractivity contribution < 1.29 is 13.2 Å². The number of hydrogen-bond donors (Lipinski definition) is 1. The van der Waals surface area contributed by atoms with Crippen molar-refractivity contribution in [2.24, 2.45) is 0 Å². The monoisotopic (exact) mass is 525 g/mol. The smallest absolute Gasteiger partial charge is 0.258 e. The lowest BCUT2D eigenvalue weighted by atomic mass is 9.93. The molecular weight excluding hydrogens is 498 g/mol. The van der Waals surface area contributed by atoms with Crippen molar-refractivity contribution in [1.82, 2.24) is 14.9 Å². The Morgan fingerprint density at radius 3 is 2.67 bits per heavy atom. The van der Waals surface area contributed by atoms with Crippen LogP contribution in [-0.2, 0) is 29.4 Å². The molecule has 0 unspecified atom stereocenters. The molecule has 3 aromatic rings. The van der Waals surface area contributed by atoms with Gasteiger partial charge in [0, 0.05) is 36.7 Å². The number of hydrogen-bond acceptors (Lipinski definition) is 6. The lowest BCUT2D eigenvalue weighted by molar-refractivity contribution is 0.300. The topological polar surface area (TPSA) is 90.3 Å². The average Bonchev–Trinajstić information content (AvgIpc) is 2.87. The maximum Gasteiger partial charge on any atom is 0.258 e. The van der Waals surface area contributed by atoms with E-state index in [2.05, 4.69) is 34.6 Å². The van der Waals surface area contributed by atoms with E-state index in [-0.39, 0.29) is 29.7 Å². The van der Waals surface area contributed by atoms with Crippen LogP contribution in [0.4, 0.5) is 0 Å². The van der Waals surface area contributed by atoms with E-state index in [1.54, 1.807) is 35.2 Å². The van der Waals surface area contributed by atoms with Crippen molar-refractivity contribution in [3.05, 3.63) is 92.6 Å². The molecule has 7 nitrogen and oxygen atoms in total. The zero-order valence-corrected chi connectivity index (χ0v) is 21.4. The van der Waals surface area contributed by atoms with Crippen LogP contribution in [0.5, 0.6) is 5.75 Å². The van der Waals surface area contributed by atoms with Crippen LogP contribution >= 0.6 is 11.6 Å². The van der Waals surface area contributed by atoms with Crippen LogP contribution in [0.1, 0.15) is 41.6 Å². The van der Waals surface area contributed by atoms with Gasteiger partial charge in [-0.1, -0.05) is 29.8 Å². The number of pyridine rings is 2. The second-order valence-electron chi connectivity index (χ2n) is 9.30. The van der Waals surface area contributed by atoms with Crippen molar-refractivity contribution in [3.8, 4) is 5.75 Å². The number of aryl methyl sites for hydroxylation is 1. The van der Waals surface area contributed by atoms with E-state index in [0.717, 1.165) is 36.3 Å². The van der Waals surface area contributed by atoms with Crippen LogP contribution < -0.4 is 15.6 Å². The number of nitrogens with one attached hydrogen (secondary N) is 1. The summed E-state index contributed by atoms with van der Waals surface area (Å²) in [5.41, 5.74) is 5.11. The molecule has 1 saturated heterocycles. The molecule has 0 atom stereocenters. The number of sulfone groups is 1. The van der Waals surface area contributed by atoms with Crippen LogP contribution in [0.3, 0.4) is 0 Å². The van der Waals surface area contributed by atoms with Gasteiger partial charge < -0.3 is 10.1 Å². The van der Waals surface area contributed by atoms with Gasteiger partial charge in [0.25, 0.3) is 5.56 Å². The molecule has 3 heterocycles. The van der Waals surface area contributed by atoms with E-state index in [0.29, 0.717) is 23.6 Å². The Hall–Kier alpha value is -2.94. The van der Waals surface area contributed by atoms with Crippen molar-refractivity contribution in [1.29, 1.82) is 0 Å². The average molecular weight is 526 g/mol. The standard InChI is InChI=1S/C27H28ClN3O4S/c28-22-4-5-24(30-17-22)18-35-26-7-10-31(27(32)15-26)25-6-3-20-13-19(1-2-21(20)14-25)16-29-23-8-11-36(33,34)12-9-23/h1-2,4-5,7,10,13-15,17,23,29H,3,6,8-9,11-12,16,18H2. The molecule has 0 amide bonds. The third kappa shape index (κ3) is 6.06. The van der Waals surface area contributed by atoms with Gasteiger partial charge in [-0.15, -0.1) is 0 Å². The fourth-order valence-corrected chi connectivity index (χ4v) is 6.23. The van der Waals surface area contributed by atoms with Gasteiger partial charge in [0.2, 0.25) is 0 Å². The Labute approximate surface area is 215 Å². The van der Waals surface area contributed by atoms with Gasteiger partial charge in [-0.25, -0.2) is 8.42 Å². The largest absolute Gasteiger partial charge is 0.487 e. The van der Waals surface area contributed by atoms with E-state index in [9.17, 15) is 13.2 Å². The van der Waals surface area contributed by atoms with Crippen LogP contribution in [-0.4, -0.2) is 35.5 Å². The van der Waals surface area contributed by atoms with Crippen molar-refractivity contribution in [3.63, 3.8) is 0 Å². The normalized spacial score (nSPS) is 17.3. The summed E-state index contributed by atoms with van der Waals surface area (Å²) < 4.78 is 30.6. The molecule has 0 bridgehead atoms. The molecule has 1 N–H and O–H groups in total. The molecule has 188 valence electrons. The van der Waals surface area contributed by atoms with Crippen molar-refractivity contribution >= 4 is 33.2 Å². The molecule has 1 fully saturated rings. The van der Waals surface area contributed by atoms with Gasteiger partial charge in [0.15, 0.2) is 0 Å². The zero-order chi connectivity index (χ0) is 25.1. The molecule has 0 spiro atoms. The highest BCUT2D eigenvalue weighted by molar-refractivity contribution is 7.91. The predicted octanol–water partition coefficient (Wildman–Crippen LogP) is 4.09. The summed E-state index contributed by atoms with van der Waals surface area (Å²) in [6.07, 6.45) is 8.36. The second-order valence-corrected chi connectivity index (χ2v) is 12.0. The number of rotatable bonds is 7. The van der Waals surface area contributed by atoms with Crippen molar-refractivity contribution in [2.45, 2.75) is 44.9 Å². The zero-order valence-electron chi connectivity index (χ0n) is 19.8. The Bertz CT molecular complexity index is 1430. The van der Waals surface area contributed by atoms with Gasteiger partial charge in [-0.05, 0) is 66.6 Å². The van der Waals surface area contributed by atoms with Crippen LogP contribution in [0.15, 0.2) is 59.7 Å². The molecule has 36 heavy (non-hydrogen) atoms. The number of ether oxygens (including phenoxy) is 1. The first kappa shape index (κ1) is 24.7. The molecule has 1 aromatic carbocycles. The van der Waals surface area contributed by atoms with E-state index in [1.165, 1.54) is 17.2 Å². The molecule has 1 aliphatic heterocycles. The minimum Gasteiger partial charge on any atom is -0.487 e. The summed E-state index contributed by atoms with van der Waals surface area (Å²) in [5, 5.41) is 4.07. The summed E-state index contributed by atoms with van der Waals surface area (Å²) in [6.45, 7) is 0.981. The lowest BCUT2D eigenvalue weighted by Crippen LogP contribution is -2.37. The molecular formula is C27H28ClN3O4S. The first-order valence-electron chi connectivity index (χ1n) is 12.1. The van der Waals surface area contributed by atoms with Gasteiger partial charge in [0.05, 0.1) is 22.2 Å².